The van der Waals surface area contributed by atoms with E-state index in [1.54, 1.807) is 0 Å². The lowest BCUT2D eigenvalue weighted by molar-refractivity contribution is -0.0906. The van der Waals surface area contributed by atoms with Crippen molar-refractivity contribution in [2.24, 2.45) is 5.92 Å². The van der Waals surface area contributed by atoms with E-state index in [1.807, 2.05) is 32.0 Å². The van der Waals surface area contributed by atoms with Gasteiger partial charge in [-0.05, 0) is 39.8 Å². The summed E-state index contributed by atoms with van der Waals surface area (Å²) < 4.78 is 6.02. The molecule has 1 fully saturated rings. The van der Waals surface area contributed by atoms with E-state index in [2.05, 4.69) is 37.9 Å². The minimum absolute atomic E-state index is 0.0905. The predicted octanol–water partition coefficient (Wildman–Crippen LogP) is 2.69. The zero-order valence-corrected chi connectivity index (χ0v) is 12.6. The first-order chi connectivity index (χ1) is 8.74. The fourth-order valence-corrected chi connectivity index (χ4v) is 3.08. The molecule has 2 rings (SSSR count). The predicted molar refractivity (Wildman–Crippen MR) is 78.5 cm³/mol. The Hall–Kier alpha value is -1.06. The minimum atomic E-state index is -0.480. The van der Waals surface area contributed by atoms with Gasteiger partial charge in [-0.15, -0.1) is 0 Å². The third-order valence-electron chi connectivity index (χ3n) is 4.18. The lowest BCUT2D eigenvalue weighted by Crippen LogP contribution is -2.42. The van der Waals surface area contributed by atoms with Gasteiger partial charge in [0, 0.05) is 25.2 Å². The molecule has 1 aromatic rings. The standard InChI is InChI=1S/C16H25NO2/c1-15(2)13(14(18)16(3,4)19-15)11-17(5)12-9-7-6-8-10-12/h6-10,13-14,18H,11H2,1-5H3. The van der Waals surface area contributed by atoms with Crippen LogP contribution < -0.4 is 4.90 Å². The lowest BCUT2D eigenvalue weighted by atomic mass is 9.84. The van der Waals surface area contributed by atoms with Crippen molar-refractivity contribution in [1.29, 1.82) is 0 Å². The van der Waals surface area contributed by atoms with Gasteiger partial charge in [0.25, 0.3) is 0 Å². The highest BCUT2D eigenvalue weighted by Gasteiger charge is 2.53. The van der Waals surface area contributed by atoms with E-state index in [0.717, 1.165) is 12.2 Å². The molecular formula is C16H25NO2. The second kappa shape index (κ2) is 4.80. The quantitative estimate of drug-likeness (QED) is 0.910. The van der Waals surface area contributed by atoms with Crippen molar-refractivity contribution >= 4 is 5.69 Å². The largest absolute Gasteiger partial charge is 0.390 e. The van der Waals surface area contributed by atoms with Gasteiger partial charge in [0.05, 0.1) is 17.3 Å². The Labute approximate surface area is 116 Å². The zero-order valence-electron chi connectivity index (χ0n) is 12.6. The molecule has 0 bridgehead atoms. The van der Waals surface area contributed by atoms with Crippen molar-refractivity contribution in [2.45, 2.75) is 45.0 Å². The molecule has 0 aromatic heterocycles. The highest BCUT2D eigenvalue weighted by atomic mass is 16.5. The van der Waals surface area contributed by atoms with Crippen molar-refractivity contribution in [2.75, 3.05) is 18.5 Å². The average Bonchev–Trinajstić information content (AvgIpc) is 2.48. The van der Waals surface area contributed by atoms with Gasteiger partial charge < -0.3 is 14.7 Å². The molecule has 2 atom stereocenters. The number of hydrogen-bond donors (Lipinski definition) is 1. The summed E-state index contributed by atoms with van der Waals surface area (Å²) in [5.74, 6) is 0.0905. The van der Waals surface area contributed by atoms with Crippen LogP contribution >= 0.6 is 0 Å². The average molecular weight is 263 g/mol. The van der Waals surface area contributed by atoms with Crippen molar-refractivity contribution in [3.63, 3.8) is 0 Å². The van der Waals surface area contributed by atoms with Crippen LogP contribution in [0.2, 0.25) is 0 Å². The molecule has 0 spiro atoms. The van der Waals surface area contributed by atoms with E-state index in [9.17, 15) is 5.11 Å². The van der Waals surface area contributed by atoms with Gasteiger partial charge in [0.2, 0.25) is 0 Å². The highest BCUT2D eigenvalue weighted by Crippen LogP contribution is 2.42. The summed E-state index contributed by atoms with van der Waals surface area (Å²) in [6.07, 6.45) is -0.450. The van der Waals surface area contributed by atoms with E-state index in [-0.39, 0.29) is 11.5 Å². The SMILES string of the molecule is CN(CC1C(O)C(C)(C)OC1(C)C)c1ccccc1. The summed E-state index contributed by atoms with van der Waals surface area (Å²) in [4.78, 5) is 2.18. The Balaban J connectivity index is 2.14. The van der Waals surface area contributed by atoms with Crippen molar-refractivity contribution in [3.05, 3.63) is 30.3 Å². The second-order valence-electron chi connectivity index (χ2n) is 6.58. The Morgan fingerprint density at radius 2 is 1.68 bits per heavy atom. The fraction of sp³-hybridized carbons (Fsp3) is 0.625. The van der Waals surface area contributed by atoms with Crippen LogP contribution in [0.15, 0.2) is 30.3 Å². The number of benzene rings is 1. The van der Waals surface area contributed by atoms with Crippen LogP contribution in [0.5, 0.6) is 0 Å². The smallest absolute Gasteiger partial charge is 0.0897 e. The zero-order chi connectivity index (χ0) is 14.3. The molecule has 1 N–H and O–H groups in total. The van der Waals surface area contributed by atoms with Crippen LogP contribution in [0, 0.1) is 5.92 Å². The third-order valence-corrected chi connectivity index (χ3v) is 4.18. The van der Waals surface area contributed by atoms with Gasteiger partial charge in [-0.1, -0.05) is 18.2 Å². The Morgan fingerprint density at radius 3 is 2.16 bits per heavy atom. The van der Waals surface area contributed by atoms with Crippen LogP contribution in [0.3, 0.4) is 0 Å². The van der Waals surface area contributed by atoms with Crippen molar-refractivity contribution < 1.29 is 9.84 Å². The molecule has 1 aliphatic rings. The number of hydrogen-bond acceptors (Lipinski definition) is 3. The Bertz CT molecular complexity index is 428. The van der Waals surface area contributed by atoms with E-state index < -0.39 is 11.7 Å². The first kappa shape index (κ1) is 14.4. The molecule has 0 radical (unpaired) electrons. The highest BCUT2D eigenvalue weighted by molar-refractivity contribution is 5.45. The van der Waals surface area contributed by atoms with Gasteiger partial charge in [0.15, 0.2) is 0 Å². The maximum absolute atomic E-state index is 10.5. The molecule has 3 heteroatoms. The summed E-state index contributed by atoms with van der Waals surface area (Å²) in [5, 5.41) is 10.5. The third kappa shape index (κ3) is 2.77. The Kier molecular flexibility index (Phi) is 3.63. The molecule has 3 nitrogen and oxygen atoms in total. The van der Waals surface area contributed by atoms with E-state index in [1.165, 1.54) is 0 Å². The molecule has 0 amide bonds. The molecule has 1 heterocycles. The molecule has 0 saturated carbocycles. The van der Waals surface area contributed by atoms with Crippen LogP contribution in [0.25, 0.3) is 0 Å². The number of para-hydroxylation sites is 1. The Morgan fingerprint density at radius 1 is 1.11 bits per heavy atom. The molecule has 2 unspecified atom stereocenters. The number of anilines is 1. The van der Waals surface area contributed by atoms with Gasteiger partial charge in [-0.25, -0.2) is 0 Å². The maximum Gasteiger partial charge on any atom is 0.0897 e. The maximum atomic E-state index is 10.5. The van der Waals surface area contributed by atoms with Gasteiger partial charge >= 0.3 is 0 Å². The molecule has 1 aromatic carbocycles. The second-order valence-corrected chi connectivity index (χ2v) is 6.58. The minimum Gasteiger partial charge on any atom is -0.390 e. The van der Waals surface area contributed by atoms with Crippen LogP contribution in [0.4, 0.5) is 5.69 Å². The van der Waals surface area contributed by atoms with Crippen LogP contribution in [-0.2, 0) is 4.74 Å². The van der Waals surface area contributed by atoms with Gasteiger partial charge in [0.1, 0.15) is 0 Å². The number of aliphatic hydroxyl groups is 1. The van der Waals surface area contributed by atoms with E-state index >= 15 is 0 Å². The molecule has 0 aliphatic carbocycles. The number of nitrogens with zero attached hydrogens (tertiary/aromatic N) is 1. The molecular weight excluding hydrogens is 238 g/mol. The number of aliphatic hydroxyl groups excluding tert-OH is 1. The number of ether oxygens (including phenoxy) is 1. The molecule has 1 aliphatic heterocycles. The molecule has 19 heavy (non-hydrogen) atoms. The fourth-order valence-electron chi connectivity index (χ4n) is 3.08. The summed E-state index contributed by atoms with van der Waals surface area (Å²) in [6.45, 7) is 8.83. The lowest BCUT2D eigenvalue weighted by Gasteiger charge is -2.31. The first-order valence-corrected chi connectivity index (χ1v) is 6.88. The van der Waals surface area contributed by atoms with E-state index in [0.29, 0.717) is 0 Å². The van der Waals surface area contributed by atoms with Gasteiger partial charge in [-0.2, -0.15) is 0 Å². The normalized spacial score (nSPS) is 28.3. The van der Waals surface area contributed by atoms with Crippen molar-refractivity contribution in [1.82, 2.24) is 0 Å². The first-order valence-electron chi connectivity index (χ1n) is 6.88. The van der Waals surface area contributed by atoms with Crippen molar-refractivity contribution in [3.8, 4) is 0 Å². The van der Waals surface area contributed by atoms with Crippen LogP contribution in [0.1, 0.15) is 27.7 Å². The molecule has 106 valence electrons. The topological polar surface area (TPSA) is 32.7 Å². The van der Waals surface area contributed by atoms with E-state index in [4.69, 9.17) is 4.74 Å². The van der Waals surface area contributed by atoms with Gasteiger partial charge in [-0.3, -0.25) is 0 Å². The molecule has 1 saturated heterocycles. The summed E-state index contributed by atoms with van der Waals surface area (Å²) >= 11 is 0. The summed E-state index contributed by atoms with van der Waals surface area (Å²) in [6, 6.07) is 10.2. The monoisotopic (exact) mass is 263 g/mol. The summed E-state index contributed by atoms with van der Waals surface area (Å²) in [5.41, 5.74) is 0.368. The van der Waals surface area contributed by atoms with Crippen LogP contribution in [-0.4, -0.2) is 36.0 Å². The summed E-state index contributed by atoms with van der Waals surface area (Å²) in [7, 11) is 2.06. The number of rotatable bonds is 3.